The van der Waals surface area contributed by atoms with E-state index >= 15 is 0 Å². The molecule has 0 radical (unpaired) electrons. The molecule has 1 aromatic rings. The maximum absolute atomic E-state index is 12.3. The molecular weight excluding hydrogens is 286 g/mol. The van der Waals surface area contributed by atoms with Crippen molar-refractivity contribution >= 4 is 34.7 Å². The summed E-state index contributed by atoms with van der Waals surface area (Å²) in [6, 6.07) is 0. The molecule has 1 fully saturated rings. The molecule has 0 aliphatic heterocycles. The van der Waals surface area contributed by atoms with Gasteiger partial charge in [-0.25, -0.2) is 0 Å². The third-order valence-electron chi connectivity index (χ3n) is 3.51. The molecule has 1 aliphatic carbocycles. The average Bonchev–Trinajstić information content (AvgIpc) is 2.98. The molecule has 1 heterocycles. The molecule has 0 saturated heterocycles. The van der Waals surface area contributed by atoms with E-state index in [-0.39, 0.29) is 11.7 Å². The molecule has 1 aromatic heterocycles. The summed E-state index contributed by atoms with van der Waals surface area (Å²) < 4.78 is 0. The zero-order valence-electron chi connectivity index (χ0n) is 10.6. The summed E-state index contributed by atoms with van der Waals surface area (Å²) in [4.78, 5) is 12.8. The monoisotopic (exact) mass is 301 g/mol. The second-order valence-electron chi connectivity index (χ2n) is 4.79. The van der Waals surface area contributed by atoms with Crippen molar-refractivity contribution in [2.24, 2.45) is 10.9 Å². The van der Waals surface area contributed by atoms with Crippen LogP contribution in [0.25, 0.3) is 0 Å². The van der Waals surface area contributed by atoms with Crippen LogP contribution in [0, 0.1) is 6.92 Å². The van der Waals surface area contributed by atoms with Crippen LogP contribution in [-0.2, 0) is 0 Å². The number of hydrogen-bond donors (Lipinski definition) is 3. The average molecular weight is 302 g/mol. The third kappa shape index (κ3) is 2.55. The van der Waals surface area contributed by atoms with Crippen molar-refractivity contribution in [1.29, 1.82) is 0 Å². The molecule has 7 heteroatoms. The minimum Gasteiger partial charge on any atom is -0.409 e. The largest absolute Gasteiger partial charge is 0.409 e. The summed E-state index contributed by atoms with van der Waals surface area (Å²) in [7, 11) is 0. The van der Waals surface area contributed by atoms with E-state index in [4.69, 9.17) is 22.5 Å². The van der Waals surface area contributed by atoms with Crippen LogP contribution in [0.1, 0.15) is 40.9 Å². The van der Waals surface area contributed by atoms with Gasteiger partial charge in [0.2, 0.25) is 0 Å². The Morgan fingerprint density at radius 2 is 2.21 bits per heavy atom. The minimum absolute atomic E-state index is 0.0581. The summed E-state index contributed by atoms with van der Waals surface area (Å²) >= 11 is 7.39. The van der Waals surface area contributed by atoms with E-state index in [0.717, 1.165) is 18.4 Å². The van der Waals surface area contributed by atoms with Crippen LogP contribution in [0.5, 0.6) is 0 Å². The van der Waals surface area contributed by atoms with Gasteiger partial charge in [0.1, 0.15) is 10.4 Å². The molecule has 0 aromatic carbocycles. The highest BCUT2D eigenvalue weighted by Gasteiger charge is 2.40. The second-order valence-corrected chi connectivity index (χ2v) is 6.05. The van der Waals surface area contributed by atoms with Crippen LogP contribution in [0.15, 0.2) is 10.5 Å². The summed E-state index contributed by atoms with van der Waals surface area (Å²) in [6.45, 7) is 1.85. The maximum Gasteiger partial charge on any atom is 0.263 e. The van der Waals surface area contributed by atoms with Gasteiger partial charge in [-0.05, 0) is 30.7 Å². The van der Waals surface area contributed by atoms with Crippen molar-refractivity contribution in [1.82, 2.24) is 5.32 Å². The summed E-state index contributed by atoms with van der Waals surface area (Å²) in [5, 5.41) is 17.1. The predicted molar refractivity (Wildman–Crippen MR) is 76.1 cm³/mol. The van der Waals surface area contributed by atoms with Crippen molar-refractivity contribution in [3.05, 3.63) is 20.8 Å². The summed E-state index contributed by atoms with van der Waals surface area (Å²) in [5.41, 5.74) is 5.87. The highest BCUT2D eigenvalue weighted by atomic mass is 35.5. The van der Waals surface area contributed by atoms with Crippen LogP contribution in [0.3, 0.4) is 0 Å². The fraction of sp³-hybridized carbons (Fsp3) is 0.500. The molecule has 19 heavy (non-hydrogen) atoms. The molecule has 1 amide bonds. The number of halogens is 1. The quantitative estimate of drug-likeness (QED) is 0.347. The molecule has 1 saturated carbocycles. The fourth-order valence-electron chi connectivity index (χ4n) is 2.38. The Labute approximate surface area is 120 Å². The third-order valence-corrected chi connectivity index (χ3v) is 5.21. The Kier molecular flexibility index (Phi) is 4.01. The lowest BCUT2D eigenvalue weighted by Crippen LogP contribution is -2.55. The lowest BCUT2D eigenvalue weighted by Gasteiger charge is -2.28. The standard InChI is InChI=1S/C12H16ClN3O2S/c1-7-6-19-9(8(7)13)10(17)15-12(11(14)16-18)4-2-3-5-12/h6,18H,2-5H2,1H3,(H2,14,16)(H,15,17). The summed E-state index contributed by atoms with van der Waals surface area (Å²) in [6.07, 6.45) is 3.23. The first kappa shape index (κ1) is 14.1. The Bertz CT molecular complexity index is 521. The smallest absolute Gasteiger partial charge is 0.263 e. The number of nitrogens with one attached hydrogen (secondary N) is 1. The molecule has 0 spiro atoms. The van der Waals surface area contributed by atoms with Crippen LogP contribution >= 0.6 is 22.9 Å². The topological polar surface area (TPSA) is 87.7 Å². The molecule has 0 atom stereocenters. The minimum atomic E-state index is -0.743. The van der Waals surface area contributed by atoms with Crippen molar-refractivity contribution in [2.45, 2.75) is 38.1 Å². The van der Waals surface area contributed by atoms with E-state index in [0.29, 0.717) is 22.7 Å². The number of thiophene rings is 1. The first-order valence-electron chi connectivity index (χ1n) is 6.04. The van der Waals surface area contributed by atoms with Gasteiger partial charge in [-0.2, -0.15) is 0 Å². The van der Waals surface area contributed by atoms with E-state index in [2.05, 4.69) is 10.5 Å². The normalized spacial score (nSPS) is 18.5. The van der Waals surface area contributed by atoms with Gasteiger partial charge in [0.25, 0.3) is 5.91 Å². The number of nitrogens with two attached hydrogens (primary N) is 1. The second kappa shape index (κ2) is 5.38. The number of hydrogen-bond acceptors (Lipinski definition) is 4. The Morgan fingerprint density at radius 3 is 2.68 bits per heavy atom. The van der Waals surface area contributed by atoms with Gasteiger partial charge >= 0.3 is 0 Å². The van der Waals surface area contributed by atoms with E-state index in [1.54, 1.807) is 0 Å². The van der Waals surface area contributed by atoms with Gasteiger partial charge in [-0.1, -0.05) is 29.6 Å². The van der Waals surface area contributed by atoms with Gasteiger partial charge < -0.3 is 16.3 Å². The van der Waals surface area contributed by atoms with Crippen LogP contribution < -0.4 is 11.1 Å². The number of carbonyl (C=O) groups excluding carboxylic acids is 1. The molecule has 104 valence electrons. The van der Waals surface area contributed by atoms with Crippen molar-refractivity contribution in [3.8, 4) is 0 Å². The number of rotatable bonds is 3. The molecular formula is C12H16ClN3O2S. The Balaban J connectivity index is 2.23. The first-order valence-corrected chi connectivity index (χ1v) is 7.30. The van der Waals surface area contributed by atoms with E-state index < -0.39 is 5.54 Å². The van der Waals surface area contributed by atoms with Gasteiger partial charge in [-0.15, -0.1) is 11.3 Å². The number of carbonyl (C=O) groups is 1. The van der Waals surface area contributed by atoms with Crippen LogP contribution in [-0.4, -0.2) is 22.5 Å². The summed E-state index contributed by atoms with van der Waals surface area (Å²) in [5.74, 6) is -0.209. The molecule has 2 rings (SSSR count). The number of oxime groups is 1. The highest BCUT2D eigenvalue weighted by molar-refractivity contribution is 7.13. The molecule has 1 aliphatic rings. The molecule has 5 nitrogen and oxygen atoms in total. The zero-order valence-corrected chi connectivity index (χ0v) is 12.1. The maximum atomic E-state index is 12.3. The van der Waals surface area contributed by atoms with Crippen molar-refractivity contribution in [3.63, 3.8) is 0 Å². The molecule has 0 bridgehead atoms. The van der Waals surface area contributed by atoms with Gasteiger partial charge in [0, 0.05) is 0 Å². The first-order chi connectivity index (χ1) is 9.00. The van der Waals surface area contributed by atoms with Crippen molar-refractivity contribution < 1.29 is 10.0 Å². The number of aryl methyl sites for hydroxylation is 1. The molecule has 4 N–H and O–H groups in total. The number of nitrogens with zero attached hydrogens (tertiary/aromatic N) is 1. The number of amidine groups is 1. The van der Waals surface area contributed by atoms with Crippen LogP contribution in [0.4, 0.5) is 0 Å². The SMILES string of the molecule is Cc1csc(C(=O)NC2(C(N)=NO)CCCC2)c1Cl. The Morgan fingerprint density at radius 1 is 1.58 bits per heavy atom. The van der Waals surface area contributed by atoms with E-state index in [1.807, 2.05) is 12.3 Å². The fourth-order valence-corrected chi connectivity index (χ4v) is 3.55. The van der Waals surface area contributed by atoms with Crippen LogP contribution in [0.2, 0.25) is 5.02 Å². The van der Waals surface area contributed by atoms with E-state index in [9.17, 15) is 4.79 Å². The lowest BCUT2D eigenvalue weighted by atomic mass is 9.96. The lowest BCUT2D eigenvalue weighted by molar-refractivity contribution is 0.0927. The predicted octanol–water partition coefficient (Wildman–Crippen LogP) is 2.50. The zero-order chi connectivity index (χ0) is 14.0. The highest BCUT2D eigenvalue weighted by Crippen LogP contribution is 2.32. The number of amides is 1. The van der Waals surface area contributed by atoms with Gasteiger partial charge in [0.15, 0.2) is 5.84 Å². The Hall–Kier alpha value is -1.27. The van der Waals surface area contributed by atoms with E-state index in [1.165, 1.54) is 11.3 Å². The van der Waals surface area contributed by atoms with Gasteiger partial charge in [-0.3, -0.25) is 4.79 Å². The van der Waals surface area contributed by atoms with Gasteiger partial charge in [0.05, 0.1) is 5.02 Å². The molecule has 0 unspecified atom stereocenters. The van der Waals surface area contributed by atoms with Crippen molar-refractivity contribution in [2.75, 3.05) is 0 Å².